The second-order valence-electron chi connectivity index (χ2n) is 5.71. The van der Waals surface area contributed by atoms with E-state index in [0.717, 1.165) is 55.1 Å². The summed E-state index contributed by atoms with van der Waals surface area (Å²) in [6, 6.07) is 0. The van der Waals surface area contributed by atoms with E-state index in [1.165, 1.54) is 10.4 Å². The summed E-state index contributed by atoms with van der Waals surface area (Å²) in [7, 11) is 1.91. The number of halogens is 1. The summed E-state index contributed by atoms with van der Waals surface area (Å²) in [6.45, 7) is 9.23. The van der Waals surface area contributed by atoms with Crippen LogP contribution in [0.2, 0.25) is 5.15 Å². The first-order valence-corrected chi connectivity index (χ1v) is 8.88. The summed E-state index contributed by atoms with van der Waals surface area (Å²) < 4.78 is 1.78. The highest BCUT2D eigenvalue weighted by molar-refractivity contribution is 7.15. The monoisotopic (exact) mass is 339 g/mol. The maximum atomic E-state index is 6.39. The largest absolute Gasteiger partial charge is 0.346 e. The van der Waals surface area contributed by atoms with Gasteiger partial charge < -0.3 is 4.90 Å². The van der Waals surface area contributed by atoms with Crippen molar-refractivity contribution in [2.24, 2.45) is 7.05 Å². The SMILES string of the molecule is CCc1nn(C)c(Cl)c1CN1CCN(c2ncc(C)s2)CC1. The van der Waals surface area contributed by atoms with Gasteiger partial charge in [-0.1, -0.05) is 18.5 Å². The predicted molar refractivity (Wildman–Crippen MR) is 91.9 cm³/mol. The van der Waals surface area contributed by atoms with Crippen molar-refractivity contribution in [2.45, 2.75) is 26.8 Å². The highest BCUT2D eigenvalue weighted by atomic mass is 35.5. The van der Waals surface area contributed by atoms with E-state index >= 15 is 0 Å². The normalized spacial score (nSPS) is 16.5. The van der Waals surface area contributed by atoms with Gasteiger partial charge in [0.25, 0.3) is 0 Å². The van der Waals surface area contributed by atoms with Crippen LogP contribution in [0.15, 0.2) is 6.20 Å². The first-order chi connectivity index (χ1) is 10.6. The van der Waals surface area contributed by atoms with Crippen LogP contribution in [0.4, 0.5) is 5.13 Å². The Hall–Kier alpha value is -1.11. The quantitative estimate of drug-likeness (QED) is 0.858. The summed E-state index contributed by atoms with van der Waals surface area (Å²) >= 11 is 8.17. The van der Waals surface area contributed by atoms with E-state index in [4.69, 9.17) is 11.6 Å². The van der Waals surface area contributed by atoms with Crippen LogP contribution >= 0.6 is 22.9 Å². The second-order valence-corrected chi connectivity index (χ2v) is 7.28. The van der Waals surface area contributed by atoms with Crippen LogP contribution in [0.25, 0.3) is 0 Å². The van der Waals surface area contributed by atoms with E-state index in [1.807, 2.05) is 13.2 Å². The van der Waals surface area contributed by atoms with Crippen LogP contribution in [0.3, 0.4) is 0 Å². The fraction of sp³-hybridized carbons (Fsp3) is 0.600. The second kappa shape index (κ2) is 6.56. The number of hydrogen-bond donors (Lipinski definition) is 0. The third-order valence-corrected chi connectivity index (χ3v) is 5.57. The molecule has 0 atom stereocenters. The molecule has 1 fully saturated rings. The van der Waals surface area contributed by atoms with Gasteiger partial charge in [0.2, 0.25) is 0 Å². The topological polar surface area (TPSA) is 37.2 Å². The summed E-state index contributed by atoms with van der Waals surface area (Å²) in [5, 5.41) is 6.42. The number of nitrogens with zero attached hydrogens (tertiary/aromatic N) is 5. The average Bonchev–Trinajstić information content (AvgIpc) is 3.07. The van der Waals surface area contributed by atoms with Crippen molar-refractivity contribution in [1.29, 1.82) is 0 Å². The molecule has 0 bridgehead atoms. The van der Waals surface area contributed by atoms with E-state index in [0.29, 0.717) is 0 Å². The Labute approximate surface area is 140 Å². The van der Waals surface area contributed by atoms with Crippen molar-refractivity contribution in [1.82, 2.24) is 19.7 Å². The van der Waals surface area contributed by atoms with E-state index in [-0.39, 0.29) is 0 Å². The molecular formula is C15H22ClN5S. The molecule has 3 heterocycles. The molecule has 0 aromatic carbocycles. The highest BCUT2D eigenvalue weighted by Gasteiger charge is 2.22. The molecule has 5 nitrogen and oxygen atoms in total. The van der Waals surface area contributed by atoms with Gasteiger partial charge in [0.15, 0.2) is 5.13 Å². The molecular weight excluding hydrogens is 318 g/mol. The van der Waals surface area contributed by atoms with Crippen LogP contribution < -0.4 is 4.90 Å². The minimum atomic E-state index is 0.773. The Morgan fingerprint density at radius 2 is 2.00 bits per heavy atom. The summed E-state index contributed by atoms with van der Waals surface area (Å²) in [6.07, 6.45) is 2.88. The molecule has 0 aliphatic carbocycles. The molecule has 1 aliphatic rings. The number of hydrogen-bond acceptors (Lipinski definition) is 5. The fourth-order valence-electron chi connectivity index (χ4n) is 2.85. The Kier molecular flexibility index (Phi) is 4.70. The Morgan fingerprint density at radius 1 is 1.27 bits per heavy atom. The lowest BCUT2D eigenvalue weighted by molar-refractivity contribution is 0.249. The molecule has 1 aliphatic heterocycles. The standard InChI is InChI=1S/C15H22ClN5S/c1-4-13-12(14(16)19(3)18-13)10-20-5-7-21(8-6-20)15-17-9-11(2)22-15/h9H,4-8,10H2,1-3H3. The molecule has 2 aromatic rings. The Morgan fingerprint density at radius 3 is 2.59 bits per heavy atom. The van der Waals surface area contributed by atoms with Gasteiger partial charge in [-0.2, -0.15) is 5.10 Å². The van der Waals surface area contributed by atoms with Crippen LogP contribution in [-0.2, 0) is 20.0 Å². The third-order valence-electron chi connectivity index (χ3n) is 4.12. The number of piperazine rings is 1. The minimum Gasteiger partial charge on any atom is -0.346 e. The zero-order chi connectivity index (χ0) is 15.7. The summed E-state index contributed by atoms with van der Waals surface area (Å²) in [5.74, 6) is 0. The van der Waals surface area contributed by atoms with E-state index < -0.39 is 0 Å². The van der Waals surface area contributed by atoms with Crippen LogP contribution in [0.1, 0.15) is 23.1 Å². The molecule has 1 saturated heterocycles. The smallest absolute Gasteiger partial charge is 0.185 e. The van der Waals surface area contributed by atoms with Crippen molar-refractivity contribution < 1.29 is 0 Å². The van der Waals surface area contributed by atoms with Crippen molar-refractivity contribution >= 4 is 28.1 Å². The van der Waals surface area contributed by atoms with Gasteiger partial charge in [-0.15, -0.1) is 11.3 Å². The number of thiazole rings is 1. The zero-order valence-electron chi connectivity index (χ0n) is 13.3. The van der Waals surface area contributed by atoms with Crippen molar-refractivity contribution in [2.75, 3.05) is 31.1 Å². The maximum absolute atomic E-state index is 6.39. The van der Waals surface area contributed by atoms with Crippen molar-refractivity contribution in [3.05, 3.63) is 27.5 Å². The molecule has 0 N–H and O–H groups in total. The molecule has 120 valence electrons. The maximum Gasteiger partial charge on any atom is 0.185 e. The van der Waals surface area contributed by atoms with Crippen LogP contribution in [0, 0.1) is 6.92 Å². The molecule has 0 unspecified atom stereocenters. The van der Waals surface area contributed by atoms with Gasteiger partial charge in [-0.25, -0.2) is 4.98 Å². The predicted octanol–water partition coefficient (Wildman–Crippen LogP) is 2.72. The lowest BCUT2D eigenvalue weighted by Gasteiger charge is -2.34. The first-order valence-electron chi connectivity index (χ1n) is 7.68. The van der Waals surface area contributed by atoms with Gasteiger partial charge in [0, 0.05) is 56.4 Å². The molecule has 22 heavy (non-hydrogen) atoms. The van der Waals surface area contributed by atoms with Gasteiger partial charge in [0.1, 0.15) is 5.15 Å². The fourth-order valence-corrected chi connectivity index (χ4v) is 3.87. The molecule has 0 saturated carbocycles. The van der Waals surface area contributed by atoms with Gasteiger partial charge in [-0.3, -0.25) is 9.58 Å². The molecule has 0 radical (unpaired) electrons. The van der Waals surface area contributed by atoms with Crippen molar-refractivity contribution in [3.8, 4) is 0 Å². The van der Waals surface area contributed by atoms with Gasteiger partial charge in [0.05, 0.1) is 5.69 Å². The Balaban J connectivity index is 1.63. The lowest BCUT2D eigenvalue weighted by Crippen LogP contribution is -2.46. The van der Waals surface area contributed by atoms with Crippen molar-refractivity contribution in [3.63, 3.8) is 0 Å². The average molecular weight is 340 g/mol. The van der Waals surface area contributed by atoms with Crippen LogP contribution in [0.5, 0.6) is 0 Å². The number of aryl methyl sites for hydroxylation is 3. The first kappa shape index (κ1) is 15.8. The minimum absolute atomic E-state index is 0.773. The van der Waals surface area contributed by atoms with Gasteiger partial charge >= 0.3 is 0 Å². The van der Waals surface area contributed by atoms with E-state index in [2.05, 4.69) is 33.7 Å². The molecule has 0 spiro atoms. The summed E-state index contributed by atoms with van der Waals surface area (Å²) in [4.78, 5) is 10.6. The van der Waals surface area contributed by atoms with E-state index in [9.17, 15) is 0 Å². The molecule has 2 aromatic heterocycles. The zero-order valence-corrected chi connectivity index (χ0v) is 14.9. The third kappa shape index (κ3) is 3.14. The van der Waals surface area contributed by atoms with Crippen LogP contribution in [-0.4, -0.2) is 45.8 Å². The van der Waals surface area contributed by atoms with Gasteiger partial charge in [-0.05, 0) is 13.3 Å². The molecule has 3 rings (SSSR count). The number of anilines is 1. The highest BCUT2D eigenvalue weighted by Crippen LogP contribution is 2.25. The molecule has 0 amide bonds. The lowest BCUT2D eigenvalue weighted by atomic mass is 10.2. The molecule has 7 heteroatoms. The summed E-state index contributed by atoms with van der Waals surface area (Å²) in [5.41, 5.74) is 2.30. The Bertz CT molecular complexity index is 642. The number of rotatable bonds is 4. The number of aromatic nitrogens is 3. The van der Waals surface area contributed by atoms with E-state index in [1.54, 1.807) is 16.0 Å².